The number of rotatable bonds is 2. The average Bonchev–Trinajstić information content (AvgIpc) is 2.89. The largest absolute Gasteiger partial charge is 0.343 e. The summed E-state index contributed by atoms with van der Waals surface area (Å²) in [6.07, 6.45) is 2.71. The van der Waals surface area contributed by atoms with Crippen molar-refractivity contribution in [3.05, 3.63) is 34.9 Å². The molecular formula is C20H29N3O2. The summed E-state index contributed by atoms with van der Waals surface area (Å²) in [4.78, 5) is 27.9. The smallest absolute Gasteiger partial charge is 0.317 e. The molecule has 1 aliphatic carbocycles. The number of aryl methyl sites for hydroxylation is 1. The van der Waals surface area contributed by atoms with Crippen molar-refractivity contribution in [2.45, 2.75) is 52.1 Å². The highest BCUT2D eigenvalue weighted by molar-refractivity contribution is 5.75. The Labute approximate surface area is 150 Å². The highest BCUT2D eigenvalue weighted by Crippen LogP contribution is 2.36. The van der Waals surface area contributed by atoms with Gasteiger partial charge < -0.3 is 15.1 Å². The number of carbonyl (C=O) groups excluding carboxylic acids is 2. The maximum Gasteiger partial charge on any atom is 0.317 e. The number of likely N-dealkylation sites (tertiary alicyclic amines) is 1. The van der Waals surface area contributed by atoms with Gasteiger partial charge >= 0.3 is 6.03 Å². The molecule has 1 aromatic rings. The van der Waals surface area contributed by atoms with Gasteiger partial charge in [-0.3, -0.25) is 4.79 Å². The van der Waals surface area contributed by atoms with Gasteiger partial charge in [-0.1, -0.05) is 30.7 Å². The second kappa shape index (κ2) is 7.06. The molecule has 1 fully saturated rings. The fourth-order valence-corrected chi connectivity index (χ4v) is 4.12. The summed E-state index contributed by atoms with van der Waals surface area (Å²) in [6, 6.07) is 6.91. The van der Waals surface area contributed by atoms with E-state index in [0.717, 1.165) is 19.3 Å². The molecule has 0 aromatic heterocycles. The fraction of sp³-hybridized carbons (Fsp3) is 0.600. The molecule has 1 heterocycles. The van der Waals surface area contributed by atoms with Gasteiger partial charge in [0.05, 0.1) is 6.04 Å². The molecule has 136 valence electrons. The maximum atomic E-state index is 12.7. The van der Waals surface area contributed by atoms with Gasteiger partial charge in [0.2, 0.25) is 5.91 Å². The molecular weight excluding hydrogens is 314 g/mol. The van der Waals surface area contributed by atoms with Crippen LogP contribution in [0.5, 0.6) is 0 Å². The van der Waals surface area contributed by atoms with Crippen molar-refractivity contribution in [1.82, 2.24) is 15.1 Å². The van der Waals surface area contributed by atoms with Crippen LogP contribution in [-0.2, 0) is 11.2 Å². The topological polar surface area (TPSA) is 52.7 Å². The molecule has 1 aromatic carbocycles. The van der Waals surface area contributed by atoms with Crippen molar-refractivity contribution >= 4 is 11.9 Å². The molecule has 0 unspecified atom stereocenters. The summed E-state index contributed by atoms with van der Waals surface area (Å²) < 4.78 is 0. The maximum absolute atomic E-state index is 12.7. The van der Waals surface area contributed by atoms with Crippen LogP contribution in [0.15, 0.2) is 18.2 Å². The van der Waals surface area contributed by atoms with Gasteiger partial charge in [-0.05, 0) is 43.2 Å². The zero-order valence-electron chi connectivity index (χ0n) is 15.7. The standard InChI is InChI=1S/C20H29N3O2/c1-13-5-6-16-12-14(2)19(18(16)11-13)21-20(25)23-9-7-17(8-10-23)22(4)15(3)24/h5-6,11,14,17,19H,7-10,12H2,1-4H3,(H,21,25)/t14-,19-/m1/s1. The van der Waals surface area contributed by atoms with E-state index < -0.39 is 0 Å². The summed E-state index contributed by atoms with van der Waals surface area (Å²) in [5.41, 5.74) is 3.86. The van der Waals surface area contributed by atoms with Crippen LogP contribution in [0.3, 0.4) is 0 Å². The molecule has 2 atom stereocenters. The molecule has 25 heavy (non-hydrogen) atoms. The van der Waals surface area contributed by atoms with Crippen molar-refractivity contribution in [2.24, 2.45) is 5.92 Å². The number of hydrogen-bond donors (Lipinski definition) is 1. The Kier molecular flexibility index (Phi) is 5.02. The van der Waals surface area contributed by atoms with Gasteiger partial charge in [-0.15, -0.1) is 0 Å². The molecule has 5 nitrogen and oxygen atoms in total. The third kappa shape index (κ3) is 3.65. The van der Waals surface area contributed by atoms with Gasteiger partial charge in [-0.25, -0.2) is 4.79 Å². The summed E-state index contributed by atoms with van der Waals surface area (Å²) in [5, 5.41) is 3.26. The zero-order chi connectivity index (χ0) is 18.1. The van der Waals surface area contributed by atoms with E-state index >= 15 is 0 Å². The average molecular weight is 343 g/mol. The molecule has 3 amide bonds. The molecule has 2 aliphatic rings. The van der Waals surface area contributed by atoms with E-state index in [1.54, 1.807) is 11.8 Å². The van der Waals surface area contributed by atoms with E-state index in [1.807, 2.05) is 11.9 Å². The summed E-state index contributed by atoms with van der Waals surface area (Å²) in [5.74, 6) is 0.511. The predicted molar refractivity (Wildman–Crippen MR) is 98.4 cm³/mol. The first-order chi connectivity index (χ1) is 11.9. The van der Waals surface area contributed by atoms with Crippen LogP contribution in [0.1, 0.15) is 49.4 Å². The molecule has 1 N–H and O–H groups in total. The first-order valence-corrected chi connectivity index (χ1v) is 9.25. The Morgan fingerprint density at radius 2 is 1.92 bits per heavy atom. The number of piperidine rings is 1. The second-order valence-electron chi connectivity index (χ2n) is 7.66. The van der Waals surface area contributed by atoms with Gasteiger partial charge in [0.25, 0.3) is 0 Å². The van der Waals surface area contributed by atoms with E-state index in [0.29, 0.717) is 19.0 Å². The van der Waals surface area contributed by atoms with Crippen LogP contribution < -0.4 is 5.32 Å². The first kappa shape index (κ1) is 17.8. The highest BCUT2D eigenvalue weighted by atomic mass is 16.2. The van der Waals surface area contributed by atoms with Crippen LogP contribution in [0.2, 0.25) is 0 Å². The van der Waals surface area contributed by atoms with Crippen molar-refractivity contribution in [3.63, 3.8) is 0 Å². The quantitative estimate of drug-likeness (QED) is 0.898. The number of carbonyl (C=O) groups is 2. The predicted octanol–water partition coefficient (Wildman–Crippen LogP) is 2.88. The van der Waals surface area contributed by atoms with Crippen LogP contribution in [0.25, 0.3) is 0 Å². The van der Waals surface area contributed by atoms with Gasteiger partial charge in [0, 0.05) is 33.1 Å². The molecule has 1 saturated heterocycles. The number of urea groups is 1. The Balaban J connectivity index is 1.61. The lowest BCUT2D eigenvalue weighted by molar-refractivity contribution is -0.130. The monoisotopic (exact) mass is 343 g/mol. The molecule has 5 heteroatoms. The Morgan fingerprint density at radius 1 is 1.24 bits per heavy atom. The minimum atomic E-state index is 0.0233. The van der Waals surface area contributed by atoms with Crippen LogP contribution in [0, 0.1) is 12.8 Å². The van der Waals surface area contributed by atoms with E-state index in [-0.39, 0.29) is 24.0 Å². The van der Waals surface area contributed by atoms with Gasteiger partial charge in [0.15, 0.2) is 0 Å². The normalized spacial score (nSPS) is 23.3. The molecule has 0 radical (unpaired) electrons. The summed E-state index contributed by atoms with van der Waals surface area (Å²) in [6.45, 7) is 7.30. The Bertz CT molecular complexity index is 665. The molecule has 0 spiro atoms. The molecule has 3 rings (SSSR count). The van der Waals surface area contributed by atoms with E-state index in [2.05, 4.69) is 37.4 Å². The summed E-state index contributed by atoms with van der Waals surface area (Å²) in [7, 11) is 1.85. The Hall–Kier alpha value is -2.04. The molecule has 1 aliphatic heterocycles. The minimum Gasteiger partial charge on any atom is -0.343 e. The highest BCUT2D eigenvalue weighted by Gasteiger charge is 2.33. The number of nitrogens with one attached hydrogen (secondary N) is 1. The van der Waals surface area contributed by atoms with Crippen LogP contribution in [-0.4, -0.2) is 47.9 Å². The minimum absolute atomic E-state index is 0.0233. The first-order valence-electron chi connectivity index (χ1n) is 9.25. The lowest BCUT2D eigenvalue weighted by Gasteiger charge is -2.37. The lowest BCUT2D eigenvalue weighted by Crippen LogP contribution is -2.50. The SMILES string of the molecule is CC(=O)N(C)C1CCN(C(=O)N[C@H]2c3cc(C)ccc3C[C@H]2C)CC1. The van der Waals surface area contributed by atoms with Crippen LogP contribution >= 0.6 is 0 Å². The van der Waals surface area contributed by atoms with Gasteiger partial charge in [0.1, 0.15) is 0 Å². The zero-order valence-corrected chi connectivity index (χ0v) is 15.7. The third-order valence-electron chi connectivity index (χ3n) is 5.82. The Morgan fingerprint density at radius 3 is 2.56 bits per heavy atom. The second-order valence-corrected chi connectivity index (χ2v) is 7.66. The molecule has 0 saturated carbocycles. The van der Waals surface area contributed by atoms with Crippen molar-refractivity contribution in [3.8, 4) is 0 Å². The number of nitrogens with zero attached hydrogens (tertiary/aromatic N) is 2. The number of benzene rings is 1. The number of amides is 3. The third-order valence-corrected chi connectivity index (χ3v) is 5.82. The number of fused-ring (bicyclic) bond motifs is 1. The van der Waals surface area contributed by atoms with Crippen molar-refractivity contribution in [2.75, 3.05) is 20.1 Å². The lowest BCUT2D eigenvalue weighted by atomic mass is 10.0. The van der Waals surface area contributed by atoms with Crippen molar-refractivity contribution < 1.29 is 9.59 Å². The summed E-state index contributed by atoms with van der Waals surface area (Å²) >= 11 is 0. The fourth-order valence-electron chi connectivity index (χ4n) is 4.12. The van der Waals surface area contributed by atoms with Crippen molar-refractivity contribution in [1.29, 1.82) is 0 Å². The van der Waals surface area contributed by atoms with E-state index in [9.17, 15) is 9.59 Å². The number of hydrogen-bond acceptors (Lipinski definition) is 2. The van der Waals surface area contributed by atoms with Gasteiger partial charge in [-0.2, -0.15) is 0 Å². The van der Waals surface area contributed by atoms with Crippen LogP contribution in [0.4, 0.5) is 4.79 Å². The van der Waals surface area contributed by atoms with E-state index in [4.69, 9.17) is 0 Å². The van der Waals surface area contributed by atoms with E-state index in [1.165, 1.54) is 16.7 Å². The molecule has 0 bridgehead atoms.